The molecule has 28 heavy (non-hydrogen) atoms. The summed E-state index contributed by atoms with van der Waals surface area (Å²) in [5.41, 5.74) is 0.680. The van der Waals surface area contributed by atoms with Crippen LogP contribution in [0.3, 0.4) is 0 Å². The largest absolute Gasteiger partial charge is 0.353 e. The monoisotopic (exact) mass is 386 g/mol. The van der Waals surface area contributed by atoms with E-state index in [0.29, 0.717) is 25.2 Å². The van der Waals surface area contributed by atoms with Gasteiger partial charge in [-0.1, -0.05) is 0 Å². The van der Waals surface area contributed by atoms with Gasteiger partial charge in [0, 0.05) is 36.8 Å². The number of rotatable bonds is 4. The summed E-state index contributed by atoms with van der Waals surface area (Å²) >= 11 is 0. The van der Waals surface area contributed by atoms with Gasteiger partial charge in [0.1, 0.15) is 5.56 Å². The van der Waals surface area contributed by atoms with Crippen LogP contribution in [0.2, 0.25) is 0 Å². The number of H-pyrrole nitrogens is 1. The summed E-state index contributed by atoms with van der Waals surface area (Å²) in [5.74, 6) is 0.229. The van der Waals surface area contributed by atoms with Crippen molar-refractivity contribution >= 4 is 11.8 Å². The summed E-state index contributed by atoms with van der Waals surface area (Å²) in [6.45, 7) is 5.08. The molecule has 0 radical (unpaired) electrons. The fourth-order valence-electron chi connectivity index (χ4n) is 4.42. The number of likely N-dealkylation sites (tertiary alicyclic amines) is 2. The molecule has 1 aromatic rings. The number of carbonyl (C=O) groups is 2. The molecule has 2 aliphatic heterocycles. The zero-order valence-corrected chi connectivity index (χ0v) is 16.6. The average Bonchev–Trinajstić information content (AvgIpc) is 3.52. The number of carbonyl (C=O) groups excluding carboxylic acids is 2. The van der Waals surface area contributed by atoms with Gasteiger partial charge in [0.05, 0.1) is 0 Å². The van der Waals surface area contributed by atoms with Crippen LogP contribution < -0.4 is 10.9 Å². The molecule has 2 saturated heterocycles. The third-order valence-electron chi connectivity index (χ3n) is 6.38. The predicted molar refractivity (Wildman–Crippen MR) is 106 cm³/mol. The van der Waals surface area contributed by atoms with Gasteiger partial charge < -0.3 is 20.1 Å². The first kappa shape index (κ1) is 19.2. The maximum atomic E-state index is 12.7. The van der Waals surface area contributed by atoms with Gasteiger partial charge in [0.15, 0.2) is 0 Å². The molecule has 0 atom stereocenters. The van der Waals surface area contributed by atoms with Gasteiger partial charge in [-0.05, 0) is 70.7 Å². The van der Waals surface area contributed by atoms with Gasteiger partial charge in [0.2, 0.25) is 5.91 Å². The smallest absolute Gasteiger partial charge is 0.260 e. The van der Waals surface area contributed by atoms with E-state index in [1.165, 1.54) is 0 Å². The Kier molecular flexibility index (Phi) is 5.53. The molecule has 0 unspecified atom stereocenters. The average molecular weight is 386 g/mol. The van der Waals surface area contributed by atoms with E-state index >= 15 is 0 Å². The van der Waals surface area contributed by atoms with Crippen molar-refractivity contribution in [2.24, 2.45) is 5.92 Å². The standard InChI is InChI=1S/C21H30N4O3/c1-14-2-5-18(20(27)22-14)21(28)25-12-8-17(9-13-25)24-10-6-15(7-11-24)19(26)23-16-3-4-16/h2,5,15-17H,3-4,6-13H2,1H3,(H,22,27)(H,23,26). The molecule has 1 saturated carbocycles. The lowest BCUT2D eigenvalue weighted by molar-refractivity contribution is -0.126. The lowest BCUT2D eigenvalue weighted by Gasteiger charge is -2.41. The number of hydrogen-bond donors (Lipinski definition) is 2. The molecule has 4 rings (SSSR count). The predicted octanol–water partition coefficient (Wildman–Crippen LogP) is 1.28. The Bertz CT molecular complexity index is 785. The Morgan fingerprint density at radius 3 is 2.29 bits per heavy atom. The number of amides is 2. The van der Waals surface area contributed by atoms with Crippen LogP contribution in [0.1, 0.15) is 54.6 Å². The number of nitrogens with one attached hydrogen (secondary N) is 2. The van der Waals surface area contributed by atoms with Crippen molar-refractivity contribution < 1.29 is 9.59 Å². The molecule has 152 valence electrons. The number of piperidine rings is 2. The van der Waals surface area contributed by atoms with Crippen LogP contribution in [0.25, 0.3) is 0 Å². The van der Waals surface area contributed by atoms with E-state index in [2.05, 4.69) is 15.2 Å². The van der Waals surface area contributed by atoms with Crippen molar-refractivity contribution in [3.8, 4) is 0 Å². The lowest BCUT2D eigenvalue weighted by atomic mass is 9.92. The Hall–Kier alpha value is -2.15. The Labute approximate surface area is 165 Å². The highest BCUT2D eigenvalue weighted by molar-refractivity contribution is 5.93. The Morgan fingerprint density at radius 1 is 1.00 bits per heavy atom. The van der Waals surface area contributed by atoms with Crippen molar-refractivity contribution in [2.45, 2.75) is 57.5 Å². The van der Waals surface area contributed by atoms with Crippen LogP contribution >= 0.6 is 0 Å². The minimum Gasteiger partial charge on any atom is -0.353 e. The number of hydrogen-bond acceptors (Lipinski definition) is 4. The second-order valence-corrected chi connectivity index (χ2v) is 8.50. The highest BCUT2D eigenvalue weighted by Crippen LogP contribution is 2.26. The van der Waals surface area contributed by atoms with E-state index in [1.54, 1.807) is 24.0 Å². The normalized spacial score (nSPS) is 22.2. The van der Waals surface area contributed by atoms with Gasteiger partial charge in [-0.25, -0.2) is 0 Å². The minimum atomic E-state index is -0.307. The molecule has 0 bridgehead atoms. The molecule has 0 aromatic carbocycles. The van der Waals surface area contributed by atoms with E-state index in [0.717, 1.165) is 57.3 Å². The van der Waals surface area contributed by atoms with Gasteiger partial charge >= 0.3 is 0 Å². The molecule has 2 amide bonds. The van der Waals surface area contributed by atoms with Crippen LogP contribution in [0.4, 0.5) is 0 Å². The summed E-state index contributed by atoms with van der Waals surface area (Å²) in [7, 11) is 0. The first-order chi connectivity index (χ1) is 13.5. The molecular weight excluding hydrogens is 356 g/mol. The molecule has 0 spiro atoms. The second-order valence-electron chi connectivity index (χ2n) is 8.50. The van der Waals surface area contributed by atoms with Crippen LogP contribution in [-0.4, -0.2) is 64.9 Å². The van der Waals surface area contributed by atoms with Gasteiger partial charge in [-0.15, -0.1) is 0 Å². The van der Waals surface area contributed by atoms with E-state index < -0.39 is 0 Å². The number of aromatic nitrogens is 1. The summed E-state index contributed by atoms with van der Waals surface area (Å²) < 4.78 is 0. The Morgan fingerprint density at radius 2 is 1.68 bits per heavy atom. The number of nitrogens with zero attached hydrogens (tertiary/aromatic N) is 2. The first-order valence-corrected chi connectivity index (χ1v) is 10.5. The quantitative estimate of drug-likeness (QED) is 0.816. The van der Waals surface area contributed by atoms with Crippen molar-refractivity contribution in [3.05, 3.63) is 33.7 Å². The zero-order chi connectivity index (χ0) is 19.7. The van der Waals surface area contributed by atoms with E-state index in [9.17, 15) is 14.4 Å². The summed E-state index contributed by atoms with van der Waals surface area (Å²) in [4.78, 5) is 43.9. The molecule has 7 heteroatoms. The maximum absolute atomic E-state index is 12.7. The van der Waals surface area contributed by atoms with Crippen molar-refractivity contribution in [1.29, 1.82) is 0 Å². The fourth-order valence-corrected chi connectivity index (χ4v) is 4.42. The molecule has 3 heterocycles. The van der Waals surface area contributed by atoms with Crippen LogP contribution in [0.5, 0.6) is 0 Å². The van der Waals surface area contributed by atoms with Crippen molar-refractivity contribution in [2.75, 3.05) is 26.2 Å². The summed E-state index contributed by atoms with van der Waals surface area (Å²) in [5, 5.41) is 3.13. The van der Waals surface area contributed by atoms with Crippen LogP contribution in [-0.2, 0) is 4.79 Å². The molecule has 1 aromatic heterocycles. The molecule has 3 fully saturated rings. The fraction of sp³-hybridized carbons (Fsp3) is 0.667. The van der Waals surface area contributed by atoms with Gasteiger partial charge in [-0.3, -0.25) is 14.4 Å². The van der Waals surface area contributed by atoms with Gasteiger partial charge in [-0.2, -0.15) is 0 Å². The maximum Gasteiger partial charge on any atom is 0.260 e. The molecule has 3 aliphatic rings. The Balaban J connectivity index is 1.26. The van der Waals surface area contributed by atoms with Crippen molar-refractivity contribution in [1.82, 2.24) is 20.1 Å². The number of aromatic amines is 1. The molecule has 1 aliphatic carbocycles. The first-order valence-electron chi connectivity index (χ1n) is 10.5. The lowest BCUT2D eigenvalue weighted by Crippen LogP contribution is -2.50. The molecule has 7 nitrogen and oxygen atoms in total. The SMILES string of the molecule is Cc1ccc(C(=O)N2CCC(N3CCC(C(=O)NC4CC4)CC3)CC2)c(=O)[nH]1. The zero-order valence-electron chi connectivity index (χ0n) is 16.6. The second kappa shape index (κ2) is 8.07. The van der Waals surface area contributed by atoms with Crippen LogP contribution in [0, 0.1) is 12.8 Å². The summed E-state index contributed by atoms with van der Waals surface area (Å²) in [6, 6.07) is 4.30. The molecule has 2 N–H and O–H groups in total. The van der Waals surface area contributed by atoms with E-state index in [-0.39, 0.29) is 28.9 Å². The number of aryl methyl sites for hydroxylation is 1. The molecular formula is C21H30N4O3. The van der Waals surface area contributed by atoms with E-state index in [4.69, 9.17) is 0 Å². The topological polar surface area (TPSA) is 85.5 Å². The highest BCUT2D eigenvalue weighted by atomic mass is 16.2. The van der Waals surface area contributed by atoms with Gasteiger partial charge in [0.25, 0.3) is 11.5 Å². The summed E-state index contributed by atoms with van der Waals surface area (Å²) in [6.07, 6.45) is 5.97. The third-order valence-corrected chi connectivity index (χ3v) is 6.38. The highest BCUT2D eigenvalue weighted by Gasteiger charge is 2.33. The van der Waals surface area contributed by atoms with Crippen molar-refractivity contribution in [3.63, 3.8) is 0 Å². The minimum absolute atomic E-state index is 0.159. The third kappa shape index (κ3) is 4.29. The van der Waals surface area contributed by atoms with Crippen LogP contribution in [0.15, 0.2) is 16.9 Å². The van der Waals surface area contributed by atoms with E-state index in [1.807, 2.05) is 0 Å². The number of pyridine rings is 1.